The molecule has 0 unspecified atom stereocenters. The Labute approximate surface area is 108 Å². The Hall–Kier alpha value is -1.27. The molecule has 0 saturated heterocycles. The number of nitrogens with one attached hydrogen (secondary N) is 1. The second-order valence-electron chi connectivity index (χ2n) is 5.32. The maximum Gasteiger partial charge on any atom is 0.238 e. The summed E-state index contributed by atoms with van der Waals surface area (Å²) in [5.41, 5.74) is 0.696. The Morgan fingerprint density at radius 2 is 1.94 bits per heavy atom. The van der Waals surface area contributed by atoms with E-state index in [1.54, 1.807) is 6.07 Å². The molecule has 0 amide bonds. The molecule has 0 spiro atoms. The topological polar surface area (TPSA) is 81.4 Å². The molecule has 3 N–H and O–H groups in total. The molecule has 0 bridgehead atoms. The van der Waals surface area contributed by atoms with Gasteiger partial charge in [-0.05, 0) is 23.6 Å². The molecule has 6 heteroatoms. The van der Waals surface area contributed by atoms with Crippen LogP contribution in [0.2, 0.25) is 0 Å². The van der Waals surface area contributed by atoms with Crippen LogP contribution in [0.15, 0.2) is 23.1 Å². The first-order valence-electron chi connectivity index (χ1n) is 5.58. The molecule has 18 heavy (non-hydrogen) atoms. The minimum absolute atomic E-state index is 0.0692. The Bertz CT molecular complexity index is 519. The highest BCUT2D eigenvalue weighted by atomic mass is 32.2. The Balaban J connectivity index is 3.07. The second kappa shape index (κ2) is 5.16. The van der Waals surface area contributed by atoms with E-state index in [1.165, 1.54) is 19.2 Å². The fourth-order valence-corrected chi connectivity index (χ4v) is 1.90. The molecule has 0 aliphatic carbocycles. The summed E-state index contributed by atoms with van der Waals surface area (Å²) < 4.78 is 27.8. The van der Waals surface area contributed by atoms with Crippen molar-refractivity contribution in [3.8, 4) is 5.75 Å². The third-order valence-electron chi connectivity index (χ3n) is 2.31. The largest absolute Gasteiger partial charge is 0.495 e. The number of sulfonamides is 1. The van der Waals surface area contributed by atoms with Crippen LogP contribution in [-0.2, 0) is 10.0 Å². The fourth-order valence-electron chi connectivity index (χ4n) is 1.36. The molecular weight excluding hydrogens is 252 g/mol. The fraction of sp³-hybridized carbons (Fsp3) is 0.500. The standard InChI is InChI=1S/C12H20N2O3S/c1-12(2,3)8-14-10-7-9(18(13,15)16)5-6-11(10)17-4/h5-7,14H,8H2,1-4H3,(H2,13,15,16). The average Bonchev–Trinajstić information content (AvgIpc) is 2.23. The smallest absolute Gasteiger partial charge is 0.238 e. The van der Waals surface area contributed by atoms with Gasteiger partial charge in [-0.25, -0.2) is 13.6 Å². The van der Waals surface area contributed by atoms with Gasteiger partial charge < -0.3 is 10.1 Å². The maximum atomic E-state index is 11.3. The van der Waals surface area contributed by atoms with Gasteiger partial charge in [-0.15, -0.1) is 0 Å². The first kappa shape index (κ1) is 14.8. The van der Waals surface area contributed by atoms with Crippen molar-refractivity contribution < 1.29 is 13.2 Å². The Morgan fingerprint density at radius 1 is 1.33 bits per heavy atom. The summed E-state index contributed by atoms with van der Waals surface area (Å²) in [6, 6.07) is 4.50. The summed E-state index contributed by atoms with van der Waals surface area (Å²) in [6.45, 7) is 6.93. The van der Waals surface area contributed by atoms with Crippen molar-refractivity contribution in [2.75, 3.05) is 19.0 Å². The van der Waals surface area contributed by atoms with Gasteiger partial charge in [0, 0.05) is 6.54 Å². The van der Waals surface area contributed by atoms with Crippen molar-refractivity contribution in [2.45, 2.75) is 25.7 Å². The van der Waals surface area contributed by atoms with E-state index < -0.39 is 10.0 Å². The van der Waals surface area contributed by atoms with Gasteiger partial charge in [0.15, 0.2) is 0 Å². The van der Waals surface area contributed by atoms with Gasteiger partial charge in [0.1, 0.15) is 5.75 Å². The SMILES string of the molecule is COc1ccc(S(N)(=O)=O)cc1NCC(C)(C)C. The monoisotopic (exact) mass is 272 g/mol. The molecule has 0 fully saturated rings. The van der Waals surface area contributed by atoms with Crippen molar-refractivity contribution >= 4 is 15.7 Å². The number of benzene rings is 1. The van der Waals surface area contributed by atoms with Crippen molar-refractivity contribution in [1.82, 2.24) is 0 Å². The van der Waals surface area contributed by atoms with Crippen LogP contribution in [0.5, 0.6) is 5.75 Å². The normalized spacial score (nSPS) is 12.3. The highest BCUT2D eigenvalue weighted by Crippen LogP contribution is 2.28. The number of anilines is 1. The van der Waals surface area contributed by atoms with Gasteiger partial charge in [-0.2, -0.15) is 0 Å². The van der Waals surface area contributed by atoms with E-state index >= 15 is 0 Å². The molecule has 102 valence electrons. The van der Waals surface area contributed by atoms with Gasteiger partial charge in [-0.1, -0.05) is 20.8 Å². The third kappa shape index (κ3) is 4.19. The van der Waals surface area contributed by atoms with Crippen molar-refractivity contribution in [2.24, 2.45) is 10.6 Å². The minimum atomic E-state index is -3.70. The van der Waals surface area contributed by atoms with E-state index in [4.69, 9.17) is 9.88 Å². The lowest BCUT2D eigenvalue weighted by Gasteiger charge is -2.21. The first-order valence-corrected chi connectivity index (χ1v) is 7.13. The number of nitrogens with two attached hydrogens (primary N) is 1. The van der Waals surface area contributed by atoms with E-state index in [-0.39, 0.29) is 10.3 Å². The van der Waals surface area contributed by atoms with E-state index in [1.807, 2.05) is 0 Å². The number of hydrogen-bond acceptors (Lipinski definition) is 4. The Kier molecular flexibility index (Phi) is 4.24. The third-order valence-corrected chi connectivity index (χ3v) is 3.22. The molecule has 0 aliphatic heterocycles. The molecule has 0 radical (unpaired) electrons. The molecule has 1 aromatic carbocycles. The molecule has 0 aliphatic rings. The van der Waals surface area contributed by atoms with Crippen LogP contribution in [0.1, 0.15) is 20.8 Å². The van der Waals surface area contributed by atoms with E-state index in [0.717, 1.165) is 0 Å². The van der Waals surface area contributed by atoms with E-state index in [2.05, 4.69) is 26.1 Å². The second-order valence-corrected chi connectivity index (χ2v) is 6.88. The summed E-state index contributed by atoms with van der Waals surface area (Å²) in [5, 5.41) is 8.27. The number of primary sulfonamides is 1. The van der Waals surface area contributed by atoms with Crippen LogP contribution < -0.4 is 15.2 Å². The van der Waals surface area contributed by atoms with Gasteiger partial charge in [0.25, 0.3) is 0 Å². The summed E-state index contributed by atoms with van der Waals surface area (Å²) in [4.78, 5) is 0.0692. The molecule has 1 rings (SSSR count). The zero-order valence-corrected chi connectivity index (χ0v) is 12.0. The first-order chi connectivity index (χ1) is 8.13. The molecule has 1 aromatic rings. The molecular formula is C12H20N2O3S. The van der Waals surface area contributed by atoms with Gasteiger partial charge in [0.05, 0.1) is 17.7 Å². The summed E-state index contributed by atoms with van der Waals surface area (Å²) in [7, 11) is -2.16. The molecule has 0 atom stereocenters. The zero-order chi connectivity index (χ0) is 14.0. The summed E-state index contributed by atoms with van der Waals surface area (Å²) in [6.07, 6.45) is 0. The van der Waals surface area contributed by atoms with E-state index in [9.17, 15) is 8.42 Å². The van der Waals surface area contributed by atoms with Gasteiger partial charge in [-0.3, -0.25) is 0 Å². The Morgan fingerprint density at radius 3 is 2.39 bits per heavy atom. The van der Waals surface area contributed by atoms with Crippen LogP contribution in [0.25, 0.3) is 0 Å². The minimum Gasteiger partial charge on any atom is -0.495 e. The maximum absolute atomic E-state index is 11.3. The average molecular weight is 272 g/mol. The lowest BCUT2D eigenvalue weighted by atomic mass is 9.97. The number of rotatable bonds is 4. The molecule has 0 saturated carbocycles. The van der Waals surface area contributed by atoms with Gasteiger partial charge >= 0.3 is 0 Å². The lowest BCUT2D eigenvalue weighted by molar-refractivity contribution is 0.412. The van der Waals surface area contributed by atoms with Crippen molar-refractivity contribution in [3.63, 3.8) is 0 Å². The lowest BCUT2D eigenvalue weighted by Crippen LogP contribution is -2.20. The molecule has 5 nitrogen and oxygen atoms in total. The highest BCUT2D eigenvalue weighted by Gasteiger charge is 2.14. The predicted molar refractivity (Wildman–Crippen MR) is 72.3 cm³/mol. The van der Waals surface area contributed by atoms with Crippen molar-refractivity contribution in [1.29, 1.82) is 0 Å². The van der Waals surface area contributed by atoms with Crippen LogP contribution in [0.4, 0.5) is 5.69 Å². The van der Waals surface area contributed by atoms with Crippen LogP contribution in [0, 0.1) is 5.41 Å². The van der Waals surface area contributed by atoms with Gasteiger partial charge in [0.2, 0.25) is 10.0 Å². The quantitative estimate of drug-likeness (QED) is 0.875. The molecule has 0 heterocycles. The van der Waals surface area contributed by atoms with Crippen LogP contribution >= 0.6 is 0 Å². The molecule has 0 aromatic heterocycles. The number of hydrogen-bond donors (Lipinski definition) is 2. The number of methoxy groups -OCH3 is 1. The van der Waals surface area contributed by atoms with Crippen molar-refractivity contribution in [3.05, 3.63) is 18.2 Å². The van der Waals surface area contributed by atoms with Crippen LogP contribution in [0.3, 0.4) is 0 Å². The number of ether oxygens (including phenoxy) is 1. The zero-order valence-electron chi connectivity index (χ0n) is 11.1. The van der Waals surface area contributed by atoms with E-state index in [0.29, 0.717) is 18.0 Å². The van der Waals surface area contributed by atoms with Crippen LogP contribution in [-0.4, -0.2) is 22.1 Å². The summed E-state index contributed by atoms with van der Waals surface area (Å²) in [5.74, 6) is 0.589. The summed E-state index contributed by atoms with van der Waals surface area (Å²) >= 11 is 0. The predicted octanol–water partition coefficient (Wildman–Crippen LogP) is 1.80. The highest BCUT2D eigenvalue weighted by molar-refractivity contribution is 7.89.